The highest BCUT2D eigenvalue weighted by Gasteiger charge is 2.19. The highest BCUT2D eigenvalue weighted by atomic mass is 32.2. The van der Waals surface area contributed by atoms with Gasteiger partial charge in [-0.05, 0) is 31.0 Å². The fraction of sp³-hybridized carbons (Fsp3) is 0.278. The number of nitrogens with one attached hydrogen (secondary N) is 2. The SMILES string of the molecule is C[C@@H](NC(=O)CCCNS(=O)(=O)c1ccc(F)cc1F)c1ccccc1. The zero-order valence-electron chi connectivity index (χ0n) is 14.2. The van der Waals surface area contributed by atoms with Gasteiger partial charge >= 0.3 is 0 Å². The number of halogens is 2. The number of benzene rings is 2. The number of amides is 1. The summed E-state index contributed by atoms with van der Waals surface area (Å²) in [7, 11) is -4.10. The van der Waals surface area contributed by atoms with Crippen molar-refractivity contribution in [1.82, 2.24) is 10.0 Å². The van der Waals surface area contributed by atoms with E-state index in [9.17, 15) is 22.0 Å². The minimum Gasteiger partial charge on any atom is -0.350 e. The summed E-state index contributed by atoms with van der Waals surface area (Å²) in [5, 5.41) is 2.82. The van der Waals surface area contributed by atoms with Crippen molar-refractivity contribution in [3.05, 3.63) is 65.7 Å². The molecule has 0 unspecified atom stereocenters. The molecule has 0 aliphatic carbocycles. The number of hydrogen-bond acceptors (Lipinski definition) is 3. The summed E-state index contributed by atoms with van der Waals surface area (Å²) in [6.45, 7) is 1.82. The maximum absolute atomic E-state index is 13.6. The molecule has 8 heteroatoms. The Kier molecular flexibility index (Phi) is 6.82. The van der Waals surface area contributed by atoms with Gasteiger partial charge in [-0.1, -0.05) is 30.3 Å². The maximum Gasteiger partial charge on any atom is 0.243 e. The molecule has 0 aromatic heterocycles. The van der Waals surface area contributed by atoms with Crippen LogP contribution in [0.5, 0.6) is 0 Å². The molecule has 5 nitrogen and oxygen atoms in total. The molecule has 26 heavy (non-hydrogen) atoms. The molecular weight excluding hydrogens is 362 g/mol. The maximum atomic E-state index is 13.6. The van der Waals surface area contributed by atoms with E-state index in [1.165, 1.54) is 0 Å². The summed E-state index contributed by atoms with van der Waals surface area (Å²) < 4.78 is 52.6. The predicted octanol–water partition coefficient (Wildman–Crippen LogP) is 2.90. The summed E-state index contributed by atoms with van der Waals surface area (Å²) in [5.41, 5.74) is 0.966. The van der Waals surface area contributed by atoms with E-state index in [0.29, 0.717) is 6.07 Å². The highest BCUT2D eigenvalue weighted by molar-refractivity contribution is 7.89. The molecular formula is C18H20F2N2O3S. The number of rotatable bonds is 8. The summed E-state index contributed by atoms with van der Waals surface area (Å²) in [6, 6.07) is 11.5. The van der Waals surface area contributed by atoms with E-state index in [0.717, 1.165) is 17.7 Å². The third-order valence-electron chi connectivity index (χ3n) is 3.73. The molecule has 2 aromatic rings. The molecule has 2 N–H and O–H groups in total. The van der Waals surface area contributed by atoms with E-state index in [2.05, 4.69) is 10.0 Å². The summed E-state index contributed by atoms with van der Waals surface area (Å²) in [4.78, 5) is 11.3. The molecule has 0 aliphatic rings. The van der Waals surface area contributed by atoms with Crippen LogP contribution in [0.15, 0.2) is 53.4 Å². The number of carbonyl (C=O) groups excluding carboxylic acids is 1. The van der Waals surface area contributed by atoms with Crippen molar-refractivity contribution in [1.29, 1.82) is 0 Å². The number of sulfonamides is 1. The Balaban J connectivity index is 1.79. The molecule has 140 valence electrons. The van der Waals surface area contributed by atoms with Gasteiger partial charge in [-0.3, -0.25) is 4.79 Å². The lowest BCUT2D eigenvalue weighted by Gasteiger charge is -2.14. The van der Waals surface area contributed by atoms with Gasteiger partial charge in [-0.2, -0.15) is 0 Å². The van der Waals surface area contributed by atoms with E-state index >= 15 is 0 Å². The standard InChI is InChI=1S/C18H20F2N2O3S/c1-13(14-6-3-2-4-7-14)22-18(23)8-5-11-21-26(24,25)17-10-9-15(19)12-16(17)20/h2-4,6-7,9-10,12-13,21H,5,8,11H2,1H3,(H,22,23)/t13-/m1/s1. The first-order valence-electron chi connectivity index (χ1n) is 8.08. The Bertz CT molecular complexity index is 858. The van der Waals surface area contributed by atoms with E-state index < -0.39 is 26.6 Å². The smallest absolute Gasteiger partial charge is 0.243 e. The fourth-order valence-electron chi connectivity index (χ4n) is 2.37. The van der Waals surface area contributed by atoms with Gasteiger partial charge < -0.3 is 5.32 Å². The zero-order valence-corrected chi connectivity index (χ0v) is 15.0. The summed E-state index contributed by atoms with van der Waals surface area (Å²) >= 11 is 0. The second-order valence-electron chi connectivity index (χ2n) is 5.78. The normalized spacial score (nSPS) is 12.6. The van der Waals surface area contributed by atoms with Crippen molar-refractivity contribution in [2.75, 3.05) is 6.54 Å². The monoisotopic (exact) mass is 382 g/mol. The molecule has 0 saturated heterocycles. The number of carbonyl (C=O) groups is 1. The Morgan fingerprint density at radius 2 is 1.81 bits per heavy atom. The Hall–Kier alpha value is -2.32. The lowest BCUT2D eigenvalue weighted by molar-refractivity contribution is -0.121. The van der Waals surface area contributed by atoms with Crippen LogP contribution in [0.4, 0.5) is 8.78 Å². The van der Waals surface area contributed by atoms with Gasteiger partial charge in [0.15, 0.2) is 0 Å². The van der Waals surface area contributed by atoms with Crippen molar-refractivity contribution >= 4 is 15.9 Å². The molecule has 0 heterocycles. The van der Waals surface area contributed by atoms with Gasteiger partial charge in [0.2, 0.25) is 15.9 Å². The molecule has 2 rings (SSSR count). The van der Waals surface area contributed by atoms with Gasteiger partial charge in [0, 0.05) is 19.0 Å². The quantitative estimate of drug-likeness (QED) is 0.690. The first kappa shape index (κ1) is 20.0. The van der Waals surface area contributed by atoms with Crippen molar-refractivity contribution in [2.24, 2.45) is 0 Å². The summed E-state index contributed by atoms with van der Waals surface area (Å²) in [5.74, 6) is -2.23. The van der Waals surface area contributed by atoms with Crippen LogP contribution >= 0.6 is 0 Å². The van der Waals surface area contributed by atoms with E-state index in [4.69, 9.17) is 0 Å². The molecule has 1 amide bonds. The van der Waals surface area contributed by atoms with Crippen LogP contribution in [0.3, 0.4) is 0 Å². The molecule has 0 saturated carbocycles. The van der Waals surface area contributed by atoms with Crippen LogP contribution in [-0.2, 0) is 14.8 Å². The third-order valence-corrected chi connectivity index (χ3v) is 5.23. The molecule has 0 spiro atoms. The van der Waals surface area contributed by atoms with E-state index in [-0.39, 0.29) is 31.3 Å². The Morgan fingerprint density at radius 1 is 1.12 bits per heavy atom. The first-order chi connectivity index (χ1) is 12.3. The lowest BCUT2D eigenvalue weighted by atomic mass is 10.1. The van der Waals surface area contributed by atoms with Crippen LogP contribution in [0.25, 0.3) is 0 Å². The van der Waals surface area contributed by atoms with Crippen molar-refractivity contribution in [3.63, 3.8) is 0 Å². The van der Waals surface area contributed by atoms with Gasteiger partial charge in [0.05, 0.1) is 6.04 Å². The van der Waals surface area contributed by atoms with Gasteiger partial charge in [-0.15, -0.1) is 0 Å². The molecule has 2 aromatic carbocycles. The lowest BCUT2D eigenvalue weighted by Crippen LogP contribution is -2.29. The minimum absolute atomic E-state index is 0.0354. The van der Waals surface area contributed by atoms with Crippen LogP contribution in [0.1, 0.15) is 31.4 Å². The second-order valence-corrected chi connectivity index (χ2v) is 7.51. The van der Waals surface area contributed by atoms with Crippen molar-refractivity contribution in [3.8, 4) is 0 Å². The average molecular weight is 382 g/mol. The third kappa shape index (κ3) is 5.60. The van der Waals surface area contributed by atoms with Crippen LogP contribution < -0.4 is 10.0 Å². The Morgan fingerprint density at radius 3 is 2.46 bits per heavy atom. The highest BCUT2D eigenvalue weighted by Crippen LogP contribution is 2.15. The largest absolute Gasteiger partial charge is 0.350 e. The minimum atomic E-state index is -4.10. The Labute approximate surface area is 151 Å². The second kappa shape index (κ2) is 8.86. The van der Waals surface area contributed by atoms with Crippen LogP contribution in [0, 0.1) is 11.6 Å². The number of hydrogen-bond donors (Lipinski definition) is 2. The zero-order chi connectivity index (χ0) is 19.2. The molecule has 0 bridgehead atoms. The van der Waals surface area contributed by atoms with E-state index in [1.54, 1.807) is 0 Å². The van der Waals surface area contributed by atoms with Crippen LogP contribution in [-0.4, -0.2) is 20.9 Å². The predicted molar refractivity (Wildman–Crippen MR) is 93.8 cm³/mol. The average Bonchev–Trinajstić information content (AvgIpc) is 2.59. The molecule has 0 radical (unpaired) electrons. The van der Waals surface area contributed by atoms with E-state index in [1.807, 2.05) is 37.3 Å². The van der Waals surface area contributed by atoms with Gasteiger partial charge in [0.25, 0.3) is 0 Å². The first-order valence-corrected chi connectivity index (χ1v) is 9.57. The molecule has 1 atom stereocenters. The summed E-state index contributed by atoms with van der Waals surface area (Å²) in [6.07, 6.45) is 0.362. The van der Waals surface area contributed by atoms with Gasteiger partial charge in [0.1, 0.15) is 16.5 Å². The van der Waals surface area contributed by atoms with Crippen molar-refractivity contribution < 1.29 is 22.0 Å². The van der Waals surface area contributed by atoms with Gasteiger partial charge in [-0.25, -0.2) is 21.9 Å². The topological polar surface area (TPSA) is 75.3 Å². The van der Waals surface area contributed by atoms with Crippen molar-refractivity contribution in [2.45, 2.75) is 30.7 Å². The van der Waals surface area contributed by atoms with Crippen LogP contribution in [0.2, 0.25) is 0 Å². The molecule has 0 fully saturated rings. The molecule has 0 aliphatic heterocycles. The fourth-order valence-corrected chi connectivity index (χ4v) is 3.50.